The third kappa shape index (κ3) is 5.50. The minimum Gasteiger partial charge on any atom is -0.383 e. The zero-order chi connectivity index (χ0) is 12.7. The van der Waals surface area contributed by atoms with Gasteiger partial charge in [0.25, 0.3) is 0 Å². The van der Waals surface area contributed by atoms with Crippen LogP contribution in [0.1, 0.15) is 26.7 Å². The first-order chi connectivity index (χ1) is 7.38. The molecule has 0 aromatic carbocycles. The smallest absolute Gasteiger partial charge is 0.249 e. The van der Waals surface area contributed by atoms with Gasteiger partial charge in [-0.1, -0.05) is 19.9 Å². The lowest BCUT2D eigenvalue weighted by molar-refractivity contribution is -0.133. The van der Waals surface area contributed by atoms with Crippen molar-refractivity contribution in [1.29, 1.82) is 0 Å². The Labute approximate surface area is 95.7 Å². The van der Waals surface area contributed by atoms with E-state index in [0.717, 1.165) is 0 Å². The molecule has 16 heavy (non-hydrogen) atoms. The van der Waals surface area contributed by atoms with Gasteiger partial charge in [-0.25, -0.2) is 0 Å². The van der Waals surface area contributed by atoms with E-state index in [0.29, 0.717) is 6.42 Å². The van der Waals surface area contributed by atoms with Gasteiger partial charge < -0.3 is 16.2 Å². The van der Waals surface area contributed by atoms with Gasteiger partial charge in [0.1, 0.15) is 12.1 Å². The normalized spacial score (nSPS) is 14.2. The Kier molecular flexibility index (Phi) is 6.41. The van der Waals surface area contributed by atoms with Gasteiger partial charge in [-0.15, -0.1) is 6.58 Å². The Morgan fingerprint density at radius 1 is 1.50 bits per heavy atom. The summed E-state index contributed by atoms with van der Waals surface area (Å²) in [5, 5.41) is 11.9. The topological polar surface area (TPSA) is 92.4 Å². The average Bonchev–Trinajstić information content (AvgIpc) is 2.15. The molecule has 0 rings (SSSR count). The van der Waals surface area contributed by atoms with Crippen LogP contribution in [0.2, 0.25) is 0 Å². The van der Waals surface area contributed by atoms with Gasteiger partial charge in [0.2, 0.25) is 11.8 Å². The van der Waals surface area contributed by atoms with Gasteiger partial charge >= 0.3 is 0 Å². The number of aliphatic hydroxyl groups excluding tert-OH is 1. The van der Waals surface area contributed by atoms with Gasteiger partial charge in [0, 0.05) is 0 Å². The van der Waals surface area contributed by atoms with E-state index >= 15 is 0 Å². The van der Waals surface area contributed by atoms with Crippen molar-refractivity contribution in [1.82, 2.24) is 5.32 Å². The van der Waals surface area contributed by atoms with E-state index in [1.165, 1.54) is 6.08 Å². The van der Waals surface area contributed by atoms with Crippen LogP contribution in [-0.4, -0.2) is 29.1 Å². The zero-order valence-electron chi connectivity index (χ0n) is 9.77. The Balaban J connectivity index is 4.28. The fraction of sp³-hybridized carbons (Fsp3) is 0.636. The molecule has 0 aromatic rings. The maximum Gasteiger partial charge on any atom is 0.249 e. The van der Waals surface area contributed by atoms with Gasteiger partial charge in [-0.3, -0.25) is 9.59 Å². The van der Waals surface area contributed by atoms with E-state index in [1.54, 1.807) is 0 Å². The van der Waals surface area contributed by atoms with Crippen LogP contribution < -0.4 is 11.1 Å². The monoisotopic (exact) mass is 228 g/mol. The van der Waals surface area contributed by atoms with Gasteiger partial charge in [-0.2, -0.15) is 0 Å². The molecule has 0 bridgehead atoms. The number of rotatable bonds is 7. The van der Waals surface area contributed by atoms with Crippen LogP contribution >= 0.6 is 0 Å². The van der Waals surface area contributed by atoms with Gasteiger partial charge in [0.05, 0.1) is 0 Å². The third-order valence-electron chi connectivity index (χ3n) is 2.06. The molecule has 0 saturated heterocycles. The van der Waals surface area contributed by atoms with E-state index in [-0.39, 0.29) is 12.3 Å². The zero-order valence-corrected chi connectivity index (χ0v) is 9.77. The van der Waals surface area contributed by atoms with Gasteiger partial charge in [0.15, 0.2) is 0 Å². The summed E-state index contributed by atoms with van der Waals surface area (Å²) in [6.07, 6.45) is 0.998. The predicted octanol–water partition coefficient (Wildman–Crippen LogP) is -0.0604. The number of nitrogens with two attached hydrogens (primary N) is 1. The largest absolute Gasteiger partial charge is 0.383 e. The molecule has 0 aliphatic heterocycles. The first-order valence-electron chi connectivity index (χ1n) is 5.27. The minimum absolute atomic E-state index is 0.201. The van der Waals surface area contributed by atoms with Crippen LogP contribution in [0.3, 0.4) is 0 Å². The van der Waals surface area contributed by atoms with Crippen LogP contribution in [0.15, 0.2) is 12.7 Å². The Hall–Kier alpha value is -1.36. The highest BCUT2D eigenvalue weighted by atomic mass is 16.3. The number of amides is 2. The van der Waals surface area contributed by atoms with Crippen molar-refractivity contribution in [2.45, 2.75) is 38.8 Å². The van der Waals surface area contributed by atoms with Crippen molar-refractivity contribution < 1.29 is 14.7 Å². The summed E-state index contributed by atoms with van der Waals surface area (Å²) in [5.41, 5.74) is 5.09. The molecule has 0 spiro atoms. The molecule has 0 aromatic heterocycles. The highest BCUT2D eigenvalue weighted by molar-refractivity contribution is 5.88. The predicted molar refractivity (Wildman–Crippen MR) is 61.4 cm³/mol. The second kappa shape index (κ2) is 7.00. The molecule has 2 amide bonds. The molecule has 0 radical (unpaired) electrons. The molecular formula is C11H20N2O3. The lowest BCUT2D eigenvalue weighted by Gasteiger charge is -2.17. The summed E-state index contributed by atoms with van der Waals surface area (Å²) in [5.74, 6) is -1.00. The molecule has 0 unspecified atom stereocenters. The van der Waals surface area contributed by atoms with Crippen LogP contribution in [0, 0.1) is 5.92 Å². The standard InChI is InChI=1S/C11H20N2O3/c1-4-5-8(10(12)15)13-11(16)9(14)6-7(2)3/h4,7-9,14H,1,5-6H2,2-3H3,(H2,12,15)(H,13,16)/t8-,9+/m0/s1. The highest BCUT2D eigenvalue weighted by Gasteiger charge is 2.22. The fourth-order valence-corrected chi connectivity index (χ4v) is 1.23. The molecule has 5 nitrogen and oxygen atoms in total. The molecule has 0 heterocycles. The maximum atomic E-state index is 11.5. The quantitative estimate of drug-likeness (QED) is 0.533. The number of nitrogens with one attached hydrogen (secondary N) is 1. The molecule has 0 saturated carbocycles. The molecule has 4 N–H and O–H groups in total. The molecule has 5 heteroatoms. The van der Waals surface area contributed by atoms with E-state index < -0.39 is 24.0 Å². The highest BCUT2D eigenvalue weighted by Crippen LogP contribution is 2.05. The van der Waals surface area contributed by atoms with Crippen molar-refractivity contribution in [2.24, 2.45) is 11.7 Å². The fourth-order valence-electron chi connectivity index (χ4n) is 1.23. The summed E-state index contributed by atoms with van der Waals surface area (Å²) in [7, 11) is 0. The van der Waals surface area contributed by atoms with Crippen molar-refractivity contribution in [3.8, 4) is 0 Å². The summed E-state index contributed by atoms with van der Waals surface area (Å²) >= 11 is 0. The van der Waals surface area contributed by atoms with E-state index in [2.05, 4.69) is 11.9 Å². The first kappa shape index (κ1) is 14.6. The number of carbonyl (C=O) groups excluding carboxylic acids is 2. The molecule has 2 atom stereocenters. The van der Waals surface area contributed by atoms with Crippen molar-refractivity contribution in [3.63, 3.8) is 0 Å². The average molecular weight is 228 g/mol. The van der Waals surface area contributed by atoms with E-state index in [1.807, 2.05) is 13.8 Å². The van der Waals surface area contributed by atoms with Crippen LogP contribution in [0.25, 0.3) is 0 Å². The Morgan fingerprint density at radius 2 is 2.06 bits per heavy atom. The second-order valence-electron chi connectivity index (χ2n) is 4.13. The molecule has 0 aliphatic rings. The Bertz CT molecular complexity index is 264. The van der Waals surface area contributed by atoms with Crippen LogP contribution in [-0.2, 0) is 9.59 Å². The first-order valence-corrected chi connectivity index (χ1v) is 5.27. The maximum absolute atomic E-state index is 11.5. The molecular weight excluding hydrogens is 208 g/mol. The molecule has 0 aliphatic carbocycles. The second-order valence-corrected chi connectivity index (χ2v) is 4.13. The van der Waals surface area contributed by atoms with E-state index in [9.17, 15) is 14.7 Å². The number of aliphatic hydroxyl groups is 1. The van der Waals surface area contributed by atoms with E-state index in [4.69, 9.17) is 5.73 Å². The number of carbonyl (C=O) groups is 2. The number of hydrogen-bond donors (Lipinski definition) is 3. The summed E-state index contributed by atoms with van der Waals surface area (Å²) in [4.78, 5) is 22.4. The molecule has 92 valence electrons. The third-order valence-corrected chi connectivity index (χ3v) is 2.06. The Morgan fingerprint density at radius 3 is 2.44 bits per heavy atom. The van der Waals surface area contributed by atoms with Crippen molar-refractivity contribution >= 4 is 11.8 Å². The van der Waals surface area contributed by atoms with Crippen molar-refractivity contribution in [3.05, 3.63) is 12.7 Å². The minimum atomic E-state index is -1.10. The molecule has 0 fully saturated rings. The lowest BCUT2D eigenvalue weighted by atomic mass is 10.0. The summed E-state index contributed by atoms with van der Waals surface area (Å²) in [6, 6.07) is -0.799. The van der Waals surface area contributed by atoms with Crippen LogP contribution in [0.5, 0.6) is 0 Å². The number of primary amides is 1. The van der Waals surface area contributed by atoms with Gasteiger partial charge in [-0.05, 0) is 18.8 Å². The van der Waals surface area contributed by atoms with Crippen LogP contribution in [0.4, 0.5) is 0 Å². The number of hydrogen-bond acceptors (Lipinski definition) is 3. The summed E-state index contributed by atoms with van der Waals surface area (Å²) < 4.78 is 0. The SMILES string of the molecule is C=CC[C@H](NC(=O)[C@H](O)CC(C)C)C(N)=O. The van der Waals surface area contributed by atoms with Crippen molar-refractivity contribution in [2.75, 3.05) is 0 Å². The summed E-state index contributed by atoms with van der Waals surface area (Å²) in [6.45, 7) is 7.25. The lowest BCUT2D eigenvalue weighted by Crippen LogP contribution is -2.48.